The SMILES string of the molecule is C#CCCC(N)c1c(F)cccc1Br. The lowest BCUT2D eigenvalue weighted by atomic mass is 10.0. The predicted molar refractivity (Wildman–Crippen MR) is 59.1 cm³/mol. The number of hydrogen-bond acceptors (Lipinski definition) is 1. The van der Waals surface area contributed by atoms with Crippen LogP contribution in [-0.4, -0.2) is 0 Å². The molecule has 1 aromatic carbocycles. The van der Waals surface area contributed by atoms with Crippen LogP contribution in [0.1, 0.15) is 24.4 Å². The summed E-state index contributed by atoms with van der Waals surface area (Å²) in [6, 6.07) is 4.46. The molecule has 0 fully saturated rings. The molecule has 1 nitrogen and oxygen atoms in total. The van der Waals surface area contributed by atoms with E-state index >= 15 is 0 Å². The second-order valence-electron chi connectivity index (χ2n) is 2.98. The van der Waals surface area contributed by atoms with E-state index in [2.05, 4.69) is 21.9 Å². The van der Waals surface area contributed by atoms with Gasteiger partial charge in [0.15, 0.2) is 0 Å². The fourth-order valence-electron chi connectivity index (χ4n) is 1.25. The number of terminal acetylenes is 1. The molecule has 0 amide bonds. The molecule has 1 rings (SSSR count). The third kappa shape index (κ3) is 2.57. The first-order chi connectivity index (χ1) is 6.66. The van der Waals surface area contributed by atoms with Crippen LogP contribution in [0.5, 0.6) is 0 Å². The van der Waals surface area contributed by atoms with Crippen LogP contribution < -0.4 is 5.73 Å². The molecule has 0 aliphatic carbocycles. The molecule has 0 aliphatic heterocycles. The minimum absolute atomic E-state index is 0.288. The molecule has 0 spiro atoms. The van der Waals surface area contributed by atoms with Crippen LogP contribution in [0.15, 0.2) is 22.7 Å². The molecule has 3 heteroatoms. The fraction of sp³-hybridized carbons (Fsp3) is 0.273. The Balaban J connectivity index is 2.89. The van der Waals surface area contributed by atoms with Crippen LogP contribution in [0.25, 0.3) is 0 Å². The van der Waals surface area contributed by atoms with Crippen molar-refractivity contribution in [3.05, 3.63) is 34.1 Å². The van der Waals surface area contributed by atoms with E-state index in [1.165, 1.54) is 6.07 Å². The van der Waals surface area contributed by atoms with Crippen molar-refractivity contribution in [3.63, 3.8) is 0 Å². The Morgan fingerprint density at radius 2 is 2.29 bits per heavy atom. The molecular formula is C11H11BrFN. The molecule has 0 bridgehead atoms. The molecule has 1 atom stereocenters. The van der Waals surface area contributed by atoms with Crippen LogP contribution in [0.2, 0.25) is 0 Å². The first-order valence-electron chi connectivity index (χ1n) is 4.29. The smallest absolute Gasteiger partial charge is 0.129 e. The Morgan fingerprint density at radius 3 is 2.86 bits per heavy atom. The van der Waals surface area contributed by atoms with Crippen molar-refractivity contribution in [1.82, 2.24) is 0 Å². The van der Waals surface area contributed by atoms with Gasteiger partial charge in [0.25, 0.3) is 0 Å². The molecule has 14 heavy (non-hydrogen) atoms. The van der Waals surface area contributed by atoms with Gasteiger partial charge in [-0.05, 0) is 18.6 Å². The van der Waals surface area contributed by atoms with Gasteiger partial charge >= 0.3 is 0 Å². The van der Waals surface area contributed by atoms with E-state index in [1.807, 2.05) is 0 Å². The summed E-state index contributed by atoms with van der Waals surface area (Å²) in [4.78, 5) is 0. The number of halogens is 2. The lowest BCUT2D eigenvalue weighted by Crippen LogP contribution is -2.12. The van der Waals surface area contributed by atoms with Crippen LogP contribution in [0.3, 0.4) is 0 Å². The summed E-state index contributed by atoms with van der Waals surface area (Å²) in [5, 5.41) is 0. The highest BCUT2D eigenvalue weighted by atomic mass is 79.9. The normalized spacial score (nSPS) is 12.1. The summed E-state index contributed by atoms with van der Waals surface area (Å²) in [5.41, 5.74) is 6.32. The summed E-state index contributed by atoms with van der Waals surface area (Å²) < 4.78 is 14.1. The van der Waals surface area contributed by atoms with Crippen LogP contribution >= 0.6 is 15.9 Å². The predicted octanol–water partition coefficient (Wildman–Crippen LogP) is 3.00. The van der Waals surface area contributed by atoms with Gasteiger partial charge in [-0.1, -0.05) is 22.0 Å². The van der Waals surface area contributed by atoms with E-state index in [0.717, 1.165) is 0 Å². The summed E-state index contributed by atoms with van der Waals surface area (Å²) >= 11 is 3.27. The van der Waals surface area contributed by atoms with E-state index in [0.29, 0.717) is 22.9 Å². The van der Waals surface area contributed by atoms with Crippen LogP contribution in [0, 0.1) is 18.2 Å². The van der Waals surface area contributed by atoms with Crippen molar-refractivity contribution in [2.45, 2.75) is 18.9 Å². The Hall–Kier alpha value is -0.850. The molecule has 0 aromatic heterocycles. The fourth-order valence-corrected chi connectivity index (χ4v) is 1.88. The van der Waals surface area contributed by atoms with Crippen molar-refractivity contribution < 1.29 is 4.39 Å². The maximum atomic E-state index is 13.4. The van der Waals surface area contributed by atoms with E-state index in [9.17, 15) is 4.39 Å². The van der Waals surface area contributed by atoms with E-state index in [4.69, 9.17) is 12.2 Å². The van der Waals surface area contributed by atoms with Gasteiger partial charge in [0.1, 0.15) is 5.82 Å². The molecular weight excluding hydrogens is 245 g/mol. The average Bonchev–Trinajstić information content (AvgIpc) is 2.14. The number of rotatable bonds is 3. The van der Waals surface area contributed by atoms with Crippen molar-refractivity contribution in [2.24, 2.45) is 5.73 Å². The van der Waals surface area contributed by atoms with E-state index < -0.39 is 0 Å². The summed E-state index contributed by atoms with van der Waals surface area (Å²) in [7, 11) is 0. The van der Waals surface area contributed by atoms with Gasteiger partial charge in [0.2, 0.25) is 0 Å². The highest BCUT2D eigenvalue weighted by molar-refractivity contribution is 9.10. The molecule has 0 saturated carbocycles. The van der Waals surface area contributed by atoms with Gasteiger partial charge < -0.3 is 5.73 Å². The van der Waals surface area contributed by atoms with Crippen molar-refractivity contribution in [2.75, 3.05) is 0 Å². The maximum Gasteiger partial charge on any atom is 0.129 e. The zero-order valence-electron chi connectivity index (χ0n) is 7.63. The van der Waals surface area contributed by atoms with Crippen LogP contribution in [0.4, 0.5) is 4.39 Å². The highest BCUT2D eigenvalue weighted by Gasteiger charge is 2.13. The first kappa shape index (κ1) is 11.2. The Kier molecular flexibility index (Phi) is 4.12. The van der Waals surface area contributed by atoms with Gasteiger partial charge in [0.05, 0.1) is 0 Å². The second kappa shape index (κ2) is 5.14. The lowest BCUT2D eigenvalue weighted by molar-refractivity contribution is 0.566. The first-order valence-corrected chi connectivity index (χ1v) is 5.09. The van der Waals surface area contributed by atoms with Gasteiger partial charge in [-0.15, -0.1) is 12.3 Å². The highest BCUT2D eigenvalue weighted by Crippen LogP contribution is 2.27. The third-order valence-electron chi connectivity index (χ3n) is 1.97. The number of nitrogens with two attached hydrogens (primary N) is 1. The summed E-state index contributed by atoms with van der Waals surface area (Å²) in [6.45, 7) is 0. The largest absolute Gasteiger partial charge is 0.324 e. The summed E-state index contributed by atoms with van der Waals surface area (Å²) in [6.07, 6.45) is 6.27. The number of hydrogen-bond donors (Lipinski definition) is 1. The van der Waals surface area contributed by atoms with Crippen molar-refractivity contribution in [1.29, 1.82) is 0 Å². The molecule has 0 aliphatic rings. The topological polar surface area (TPSA) is 26.0 Å². The van der Waals surface area contributed by atoms with Gasteiger partial charge in [-0.3, -0.25) is 0 Å². The van der Waals surface area contributed by atoms with Crippen molar-refractivity contribution >= 4 is 15.9 Å². The monoisotopic (exact) mass is 255 g/mol. The molecule has 74 valence electrons. The number of benzene rings is 1. The molecule has 1 unspecified atom stereocenters. The maximum absolute atomic E-state index is 13.4. The zero-order chi connectivity index (χ0) is 10.6. The van der Waals surface area contributed by atoms with Gasteiger partial charge in [-0.2, -0.15) is 0 Å². The van der Waals surface area contributed by atoms with E-state index in [-0.39, 0.29) is 11.9 Å². The molecule has 0 heterocycles. The minimum atomic E-state index is -0.346. The lowest BCUT2D eigenvalue weighted by Gasteiger charge is -2.13. The van der Waals surface area contributed by atoms with Gasteiger partial charge in [-0.25, -0.2) is 4.39 Å². The standard InChI is InChI=1S/C11H11BrFN/c1-2-3-7-10(14)11-8(12)5-4-6-9(11)13/h1,4-6,10H,3,7,14H2. The molecule has 2 N–H and O–H groups in total. The Bertz CT molecular complexity index is 337. The molecule has 0 saturated heterocycles. The molecule has 0 radical (unpaired) electrons. The van der Waals surface area contributed by atoms with E-state index in [1.54, 1.807) is 12.1 Å². The Labute approximate surface area is 91.6 Å². The van der Waals surface area contributed by atoms with Gasteiger partial charge in [0, 0.05) is 22.5 Å². The van der Waals surface area contributed by atoms with Crippen molar-refractivity contribution in [3.8, 4) is 12.3 Å². The zero-order valence-corrected chi connectivity index (χ0v) is 9.22. The average molecular weight is 256 g/mol. The minimum Gasteiger partial charge on any atom is -0.324 e. The quantitative estimate of drug-likeness (QED) is 0.826. The molecule has 1 aromatic rings. The second-order valence-corrected chi connectivity index (χ2v) is 3.84. The third-order valence-corrected chi connectivity index (χ3v) is 2.66. The Morgan fingerprint density at radius 1 is 1.57 bits per heavy atom. The van der Waals surface area contributed by atoms with Crippen LogP contribution in [-0.2, 0) is 0 Å². The summed E-state index contributed by atoms with van der Waals surface area (Å²) in [5.74, 6) is 2.20.